The van der Waals surface area contributed by atoms with Gasteiger partial charge in [-0.15, -0.1) is 0 Å². The third-order valence-corrected chi connectivity index (χ3v) is 4.62. The lowest BCUT2D eigenvalue weighted by molar-refractivity contribution is -0.119. The zero-order valence-electron chi connectivity index (χ0n) is 15.6. The Morgan fingerprint density at radius 1 is 1.52 bits per heavy atom. The molecule has 2 aromatic rings. The van der Waals surface area contributed by atoms with Crippen molar-refractivity contribution in [2.45, 2.75) is 32.7 Å². The lowest BCUT2D eigenvalue weighted by Gasteiger charge is -2.20. The van der Waals surface area contributed by atoms with E-state index in [0.717, 1.165) is 16.5 Å². The lowest BCUT2D eigenvalue weighted by Crippen LogP contribution is -2.25. The first-order valence-corrected chi connectivity index (χ1v) is 8.87. The van der Waals surface area contributed by atoms with Crippen molar-refractivity contribution >= 4 is 28.6 Å². The summed E-state index contributed by atoms with van der Waals surface area (Å²) in [6.07, 6.45) is 3.63. The SMILES string of the molecule is CC(F)N=CC(=CN)c1cc(O[C@H](C)[C@H]2CNC(=O)C2)c2cn(C)nc2c1. The Morgan fingerprint density at radius 3 is 2.93 bits per heavy atom. The maximum absolute atomic E-state index is 13.1. The highest BCUT2D eigenvalue weighted by Gasteiger charge is 2.28. The number of benzene rings is 1. The predicted octanol–water partition coefficient (Wildman–Crippen LogP) is 2.16. The highest BCUT2D eigenvalue weighted by molar-refractivity contribution is 6.11. The molecule has 7 nitrogen and oxygen atoms in total. The molecule has 1 amide bonds. The third-order valence-electron chi connectivity index (χ3n) is 4.62. The summed E-state index contributed by atoms with van der Waals surface area (Å²) in [5.41, 5.74) is 7.76. The molecule has 3 rings (SSSR count). The summed E-state index contributed by atoms with van der Waals surface area (Å²) in [5, 5.41) is 8.14. The van der Waals surface area contributed by atoms with Gasteiger partial charge in [0.2, 0.25) is 5.91 Å². The predicted molar refractivity (Wildman–Crippen MR) is 103 cm³/mol. The Kier molecular flexibility index (Phi) is 5.43. The van der Waals surface area contributed by atoms with Gasteiger partial charge in [-0.05, 0) is 31.5 Å². The number of ether oxygens (including phenoxy) is 1. The Hall–Kier alpha value is -2.90. The van der Waals surface area contributed by atoms with E-state index in [0.29, 0.717) is 24.3 Å². The average molecular weight is 373 g/mol. The van der Waals surface area contributed by atoms with Crippen LogP contribution < -0.4 is 15.8 Å². The fourth-order valence-electron chi connectivity index (χ4n) is 3.13. The highest BCUT2D eigenvalue weighted by Crippen LogP contribution is 2.31. The molecule has 1 fully saturated rings. The van der Waals surface area contributed by atoms with E-state index >= 15 is 0 Å². The highest BCUT2D eigenvalue weighted by atomic mass is 19.1. The fraction of sp³-hybridized carbons (Fsp3) is 0.421. The number of alkyl halides is 1. The fourth-order valence-corrected chi connectivity index (χ4v) is 3.13. The number of fused-ring (bicyclic) bond motifs is 1. The monoisotopic (exact) mass is 373 g/mol. The molecule has 0 saturated carbocycles. The molecule has 1 aliphatic heterocycles. The van der Waals surface area contributed by atoms with E-state index in [-0.39, 0.29) is 17.9 Å². The van der Waals surface area contributed by atoms with Crippen LogP contribution in [-0.2, 0) is 11.8 Å². The standard InChI is InChI=1S/C19H24FN5O2/c1-11(14-6-19(26)23-8-14)27-18-5-13(15(7-21)9-22-12(2)20)4-17-16(18)10-25(3)24-17/h4-5,7,9-12,14H,6,8,21H2,1-3H3,(H,23,26)/t11-,12?,14-/m1/s1. The average Bonchev–Trinajstić information content (AvgIpc) is 3.20. The van der Waals surface area contributed by atoms with Gasteiger partial charge in [0.25, 0.3) is 0 Å². The molecule has 2 heterocycles. The molecule has 1 aliphatic rings. The quantitative estimate of drug-likeness (QED) is 0.599. The number of nitrogens with two attached hydrogens (primary N) is 1. The zero-order valence-corrected chi connectivity index (χ0v) is 15.6. The summed E-state index contributed by atoms with van der Waals surface area (Å²) >= 11 is 0. The van der Waals surface area contributed by atoms with Crippen LogP contribution in [0.25, 0.3) is 16.5 Å². The molecule has 27 heavy (non-hydrogen) atoms. The molecule has 0 aliphatic carbocycles. The van der Waals surface area contributed by atoms with Crippen LogP contribution >= 0.6 is 0 Å². The Balaban J connectivity index is 1.96. The summed E-state index contributed by atoms with van der Waals surface area (Å²) in [4.78, 5) is 15.3. The number of allylic oxidation sites excluding steroid dienone is 1. The molecule has 3 atom stereocenters. The minimum atomic E-state index is -1.32. The molecule has 0 spiro atoms. The van der Waals surface area contributed by atoms with Crippen LogP contribution in [-0.4, -0.2) is 40.8 Å². The number of amides is 1. The Bertz CT molecular complexity index is 903. The van der Waals surface area contributed by atoms with E-state index in [4.69, 9.17) is 10.5 Å². The smallest absolute Gasteiger partial charge is 0.220 e. The van der Waals surface area contributed by atoms with Crippen molar-refractivity contribution in [1.29, 1.82) is 0 Å². The molecule has 144 valence electrons. The molecule has 8 heteroatoms. The molecule has 3 N–H and O–H groups in total. The number of nitrogens with zero attached hydrogens (tertiary/aromatic N) is 3. The van der Waals surface area contributed by atoms with Gasteiger partial charge in [-0.2, -0.15) is 5.10 Å². The maximum atomic E-state index is 13.1. The van der Waals surface area contributed by atoms with E-state index in [9.17, 15) is 9.18 Å². The number of aromatic nitrogens is 2. The molecule has 1 aromatic carbocycles. The minimum Gasteiger partial charge on any atom is -0.490 e. The van der Waals surface area contributed by atoms with Crippen molar-refractivity contribution in [1.82, 2.24) is 15.1 Å². The second-order valence-corrected chi connectivity index (χ2v) is 6.78. The maximum Gasteiger partial charge on any atom is 0.220 e. The van der Waals surface area contributed by atoms with Crippen LogP contribution in [0.5, 0.6) is 5.75 Å². The van der Waals surface area contributed by atoms with Gasteiger partial charge in [0, 0.05) is 50.1 Å². The Morgan fingerprint density at radius 2 is 2.30 bits per heavy atom. The first-order valence-electron chi connectivity index (χ1n) is 8.87. The van der Waals surface area contributed by atoms with Crippen LogP contribution in [0.15, 0.2) is 29.5 Å². The third kappa shape index (κ3) is 4.27. The molecule has 0 radical (unpaired) electrons. The van der Waals surface area contributed by atoms with Gasteiger partial charge < -0.3 is 15.8 Å². The molecule has 1 saturated heterocycles. The summed E-state index contributed by atoms with van der Waals surface area (Å²) in [5.74, 6) is 0.787. The molecule has 1 unspecified atom stereocenters. The number of carbonyl (C=O) groups is 1. The number of nitrogens with one attached hydrogen (secondary N) is 1. The normalized spacial score (nSPS) is 20.2. The van der Waals surface area contributed by atoms with Crippen LogP contribution in [0, 0.1) is 5.92 Å². The van der Waals surface area contributed by atoms with Crippen LogP contribution in [0.4, 0.5) is 4.39 Å². The van der Waals surface area contributed by atoms with Crippen molar-refractivity contribution in [3.63, 3.8) is 0 Å². The topological polar surface area (TPSA) is 94.5 Å². The second kappa shape index (κ2) is 7.77. The first-order chi connectivity index (χ1) is 12.9. The number of carbonyl (C=O) groups excluding carboxylic acids is 1. The van der Waals surface area contributed by atoms with Crippen molar-refractivity contribution in [3.05, 3.63) is 30.1 Å². The van der Waals surface area contributed by atoms with Gasteiger partial charge in [-0.1, -0.05) is 0 Å². The number of rotatable bonds is 6. The molecule has 0 bridgehead atoms. The van der Waals surface area contributed by atoms with E-state index < -0.39 is 6.30 Å². The number of aryl methyl sites for hydroxylation is 1. The largest absolute Gasteiger partial charge is 0.490 e. The van der Waals surface area contributed by atoms with Crippen LogP contribution in [0.1, 0.15) is 25.8 Å². The molecule has 1 aromatic heterocycles. The first kappa shape index (κ1) is 18.9. The molecular weight excluding hydrogens is 349 g/mol. The van der Waals surface area contributed by atoms with Gasteiger partial charge in [-0.3, -0.25) is 14.5 Å². The van der Waals surface area contributed by atoms with Crippen LogP contribution in [0.3, 0.4) is 0 Å². The Labute approximate surface area is 157 Å². The number of halogens is 1. The van der Waals surface area contributed by atoms with E-state index in [1.165, 1.54) is 19.3 Å². The number of aliphatic imine (C=N–C) groups is 1. The lowest BCUT2D eigenvalue weighted by atomic mass is 10.0. The second-order valence-electron chi connectivity index (χ2n) is 6.78. The summed E-state index contributed by atoms with van der Waals surface area (Å²) < 4.78 is 21.0. The van der Waals surface area contributed by atoms with Gasteiger partial charge in [0.1, 0.15) is 11.9 Å². The van der Waals surface area contributed by atoms with Crippen molar-refractivity contribution < 1.29 is 13.9 Å². The van der Waals surface area contributed by atoms with Crippen molar-refractivity contribution in [2.24, 2.45) is 23.7 Å². The van der Waals surface area contributed by atoms with E-state index in [1.807, 2.05) is 32.3 Å². The van der Waals surface area contributed by atoms with Gasteiger partial charge in [0.15, 0.2) is 6.30 Å². The number of hydrogen-bond acceptors (Lipinski definition) is 5. The van der Waals surface area contributed by atoms with Gasteiger partial charge in [-0.25, -0.2) is 4.39 Å². The van der Waals surface area contributed by atoms with E-state index in [1.54, 1.807) is 4.68 Å². The van der Waals surface area contributed by atoms with Crippen LogP contribution in [0.2, 0.25) is 0 Å². The zero-order chi connectivity index (χ0) is 19.6. The molecular formula is C19H24FN5O2. The summed E-state index contributed by atoms with van der Waals surface area (Å²) in [6.45, 7) is 3.90. The summed E-state index contributed by atoms with van der Waals surface area (Å²) in [7, 11) is 1.83. The van der Waals surface area contributed by atoms with E-state index in [2.05, 4.69) is 15.4 Å². The minimum absolute atomic E-state index is 0.0423. The van der Waals surface area contributed by atoms with Crippen molar-refractivity contribution in [2.75, 3.05) is 6.54 Å². The van der Waals surface area contributed by atoms with Crippen molar-refractivity contribution in [3.8, 4) is 5.75 Å². The van der Waals surface area contributed by atoms with Gasteiger partial charge >= 0.3 is 0 Å². The van der Waals surface area contributed by atoms with Gasteiger partial charge in [0.05, 0.1) is 10.9 Å². The summed E-state index contributed by atoms with van der Waals surface area (Å²) in [6, 6.07) is 3.71. The number of hydrogen-bond donors (Lipinski definition) is 2.